The average molecular weight is 345 g/mol. The van der Waals surface area contributed by atoms with Gasteiger partial charge in [0.25, 0.3) is 0 Å². The highest BCUT2D eigenvalue weighted by Crippen LogP contribution is 2.34. The lowest BCUT2D eigenvalue weighted by Gasteiger charge is -2.35. The lowest BCUT2D eigenvalue weighted by atomic mass is 9.90. The van der Waals surface area contributed by atoms with Gasteiger partial charge in [-0.2, -0.15) is 0 Å². The van der Waals surface area contributed by atoms with E-state index in [4.69, 9.17) is 33.0 Å². The van der Waals surface area contributed by atoms with Crippen LogP contribution >= 0.6 is 23.2 Å². The fraction of sp³-hybridized carbons (Fsp3) is 0.600. The number of carboxylic acid groups (broad SMARTS) is 1. The summed E-state index contributed by atoms with van der Waals surface area (Å²) in [6.07, 6.45) is 4.40. The summed E-state index contributed by atoms with van der Waals surface area (Å²) in [6, 6.07) is 1.70. The van der Waals surface area contributed by atoms with Crippen molar-refractivity contribution in [1.29, 1.82) is 0 Å². The summed E-state index contributed by atoms with van der Waals surface area (Å²) in [5.74, 6) is 0.323. The van der Waals surface area contributed by atoms with E-state index in [0.29, 0.717) is 22.4 Å². The van der Waals surface area contributed by atoms with E-state index in [9.17, 15) is 4.79 Å². The zero-order valence-corrected chi connectivity index (χ0v) is 13.6. The molecule has 1 aromatic heterocycles. The highest BCUT2D eigenvalue weighted by Gasteiger charge is 2.36. The number of aliphatic carboxylic acids is 1. The maximum Gasteiger partial charge on any atom is 0.332 e. The normalized spacial score (nSPS) is 26.4. The monoisotopic (exact) mass is 344 g/mol. The highest BCUT2D eigenvalue weighted by molar-refractivity contribution is 6.36. The molecular weight excluding hydrogens is 327 g/mol. The van der Waals surface area contributed by atoms with Crippen LogP contribution in [0.3, 0.4) is 0 Å². The summed E-state index contributed by atoms with van der Waals surface area (Å²) in [5.41, 5.74) is 0. The molecule has 2 aliphatic rings. The first kappa shape index (κ1) is 15.8. The zero-order valence-electron chi connectivity index (χ0n) is 12.0. The Labute approximate surface area is 139 Å². The van der Waals surface area contributed by atoms with Crippen molar-refractivity contribution in [3.63, 3.8) is 0 Å². The molecule has 5 nitrogen and oxygen atoms in total. The van der Waals surface area contributed by atoms with E-state index in [1.54, 1.807) is 12.3 Å². The largest absolute Gasteiger partial charge is 0.479 e. The van der Waals surface area contributed by atoms with Crippen LogP contribution in [0.4, 0.5) is 5.82 Å². The third-order valence-corrected chi connectivity index (χ3v) is 4.97. The van der Waals surface area contributed by atoms with Crippen LogP contribution in [-0.4, -0.2) is 41.4 Å². The molecule has 7 heteroatoms. The molecule has 0 saturated carbocycles. The minimum Gasteiger partial charge on any atom is -0.479 e. The Bertz CT molecular complexity index is 562. The maximum atomic E-state index is 11.0. The first-order valence-electron chi connectivity index (χ1n) is 7.49. The lowest BCUT2D eigenvalue weighted by Crippen LogP contribution is -2.38. The molecule has 2 atom stereocenters. The molecule has 2 saturated heterocycles. The second-order valence-electron chi connectivity index (χ2n) is 5.86. The van der Waals surface area contributed by atoms with Crippen LogP contribution in [0.2, 0.25) is 10.0 Å². The van der Waals surface area contributed by atoms with Crippen molar-refractivity contribution in [2.75, 3.05) is 18.0 Å². The molecule has 0 amide bonds. The van der Waals surface area contributed by atoms with Crippen LogP contribution < -0.4 is 4.90 Å². The number of anilines is 1. The van der Waals surface area contributed by atoms with E-state index in [-0.39, 0.29) is 6.10 Å². The van der Waals surface area contributed by atoms with Crippen molar-refractivity contribution in [3.05, 3.63) is 22.3 Å². The molecule has 0 unspecified atom stereocenters. The Morgan fingerprint density at radius 1 is 1.27 bits per heavy atom. The minimum absolute atomic E-state index is 0.0666. The summed E-state index contributed by atoms with van der Waals surface area (Å²) in [6.45, 7) is 1.69. The van der Waals surface area contributed by atoms with E-state index >= 15 is 0 Å². The summed E-state index contributed by atoms with van der Waals surface area (Å²) in [4.78, 5) is 17.4. The molecule has 0 radical (unpaired) electrons. The molecule has 0 bridgehead atoms. The van der Waals surface area contributed by atoms with Gasteiger partial charge in [0, 0.05) is 19.3 Å². The average Bonchev–Trinajstić information content (AvgIpc) is 2.98. The van der Waals surface area contributed by atoms with Gasteiger partial charge in [-0.15, -0.1) is 0 Å². The van der Waals surface area contributed by atoms with Crippen molar-refractivity contribution < 1.29 is 14.6 Å². The van der Waals surface area contributed by atoms with Crippen molar-refractivity contribution in [2.24, 2.45) is 5.92 Å². The van der Waals surface area contributed by atoms with Crippen molar-refractivity contribution in [3.8, 4) is 0 Å². The van der Waals surface area contributed by atoms with Gasteiger partial charge in [-0.25, -0.2) is 9.78 Å². The zero-order chi connectivity index (χ0) is 15.7. The molecule has 0 aromatic carbocycles. The molecule has 0 spiro atoms. The first-order chi connectivity index (χ1) is 10.5. The van der Waals surface area contributed by atoms with Crippen molar-refractivity contribution in [2.45, 2.75) is 37.9 Å². The molecule has 2 fully saturated rings. The van der Waals surface area contributed by atoms with E-state index in [0.717, 1.165) is 38.2 Å². The smallest absolute Gasteiger partial charge is 0.332 e. The van der Waals surface area contributed by atoms with Gasteiger partial charge in [-0.1, -0.05) is 23.2 Å². The highest BCUT2D eigenvalue weighted by atomic mass is 35.5. The number of hydrogen-bond donors (Lipinski definition) is 1. The number of carbonyl (C=O) groups is 1. The number of hydrogen-bond acceptors (Lipinski definition) is 4. The van der Waals surface area contributed by atoms with Gasteiger partial charge in [0.15, 0.2) is 6.10 Å². The summed E-state index contributed by atoms with van der Waals surface area (Å²) in [5, 5.41) is 10.1. The molecule has 1 N–H and O–H groups in total. The number of nitrogens with zero attached hydrogens (tertiary/aromatic N) is 2. The molecule has 3 rings (SSSR count). The van der Waals surface area contributed by atoms with E-state index in [1.807, 2.05) is 0 Å². The molecule has 120 valence electrons. The molecular formula is C15H18Cl2N2O3. The third-order valence-electron chi connectivity index (χ3n) is 4.48. The summed E-state index contributed by atoms with van der Waals surface area (Å²) in [7, 11) is 0. The lowest BCUT2D eigenvalue weighted by molar-refractivity contribution is -0.150. The second kappa shape index (κ2) is 6.60. The Morgan fingerprint density at radius 2 is 2.00 bits per heavy atom. The van der Waals surface area contributed by atoms with Crippen molar-refractivity contribution >= 4 is 35.0 Å². The Kier molecular flexibility index (Phi) is 4.76. The Balaban J connectivity index is 1.58. The van der Waals surface area contributed by atoms with E-state index in [1.165, 1.54) is 0 Å². The van der Waals surface area contributed by atoms with Gasteiger partial charge >= 0.3 is 5.97 Å². The van der Waals surface area contributed by atoms with Gasteiger partial charge in [-0.05, 0) is 37.7 Å². The van der Waals surface area contributed by atoms with Gasteiger partial charge < -0.3 is 14.7 Å². The fourth-order valence-corrected chi connectivity index (χ4v) is 3.81. The number of pyridine rings is 1. The minimum atomic E-state index is -0.850. The maximum absolute atomic E-state index is 11.0. The number of piperidine rings is 1. The predicted molar refractivity (Wildman–Crippen MR) is 84.7 cm³/mol. The number of ether oxygens (including phenoxy) is 1. The predicted octanol–water partition coefficient (Wildman–Crippen LogP) is 3.24. The standard InChI is InChI=1S/C15H18Cl2N2O3/c16-10-7-11(17)14(18-8-10)19-5-3-9(4-6-19)12-1-2-13(22-12)15(20)21/h7-9,12-13H,1-6H2,(H,20,21)/t12-,13+/m0/s1. The second-order valence-corrected chi connectivity index (χ2v) is 6.71. The fourth-order valence-electron chi connectivity index (χ4n) is 3.31. The quantitative estimate of drug-likeness (QED) is 0.911. The van der Waals surface area contributed by atoms with Gasteiger partial charge in [0.1, 0.15) is 5.82 Å². The molecule has 22 heavy (non-hydrogen) atoms. The molecule has 1 aromatic rings. The number of rotatable bonds is 3. The van der Waals surface area contributed by atoms with Crippen molar-refractivity contribution in [1.82, 2.24) is 4.98 Å². The van der Waals surface area contributed by atoms with Crippen LogP contribution in [-0.2, 0) is 9.53 Å². The first-order valence-corrected chi connectivity index (χ1v) is 8.24. The Morgan fingerprint density at radius 3 is 2.59 bits per heavy atom. The van der Waals surface area contributed by atoms with Crippen LogP contribution in [0, 0.1) is 5.92 Å². The summed E-state index contributed by atoms with van der Waals surface area (Å²) < 4.78 is 5.67. The third kappa shape index (κ3) is 3.31. The van der Waals surface area contributed by atoms with Crippen LogP contribution in [0.1, 0.15) is 25.7 Å². The number of carboxylic acids is 1. The van der Waals surface area contributed by atoms with Crippen LogP contribution in [0.25, 0.3) is 0 Å². The number of aromatic nitrogens is 1. The van der Waals surface area contributed by atoms with Gasteiger partial charge in [0.05, 0.1) is 16.1 Å². The van der Waals surface area contributed by atoms with Crippen LogP contribution in [0.15, 0.2) is 12.3 Å². The molecule has 0 aliphatic carbocycles. The Hall–Kier alpha value is -1.04. The molecule has 2 aliphatic heterocycles. The van der Waals surface area contributed by atoms with E-state index < -0.39 is 12.1 Å². The van der Waals surface area contributed by atoms with Gasteiger partial charge in [0.2, 0.25) is 0 Å². The van der Waals surface area contributed by atoms with Gasteiger partial charge in [-0.3, -0.25) is 0 Å². The topological polar surface area (TPSA) is 62.7 Å². The van der Waals surface area contributed by atoms with E-state index in [2.05, 4.69) is 9.88 Å². The van der Waals surface area contributed by atoms with Crippen LogP contribution in [0.5, 0.6) is 0 Å². The number of halogens is 2. The molecule has 3 heterocycles. The summed E-state index contributed by atoms with van der Waals surface area (Å²) >= 11 is 12.1. The SMILES string of the molecule is O=C(O)[C@H]1CC[C@@H](C2CCN(c3ncc(Cl)cc3Cl)CC2)O1.